The van der Waals surface area contributed by atoms with Crippen LogP contribution in [0.2, 0.25) is 0 Å². The van der Waals surface area contributed by atoms with Crippen molar-refractivity contribution in [2.75, 3.05) is 0 Å². The fourth-order valence-corrected chi connectivity index (χ4v) is 3.65. The average Bonchev–Trinajstić information content (AvgIpc) is 3.25. The summed E-state index contributed by atoms with van der Waals surface area (Å²) in [5.74, 6) is -0.123. The number of carbonyl (C=O) groups excluding carboxylic acids is 1. The van der Waals surface area contributed by atoms with Gasteiger partial charge < -0.3 is 0 Å². The van der Waals surface area contributed by atoms with Gasteiger partial charge in [0.2, 0.25) is 0 Å². The second kappa shape index (κ2) is 7.28. The van der Waals surface area contributed by atoms with E-state index in [0.717, 1.165) is 27.7 Å². The van der Waals surface area contributed by atoms with Crippen molar-refractivity contribution in [2.24, 2.45) is 5.10 Å². The predicted molar refractivity (Wildman–Crippen MR) is 112 cm³/mol. The molecule has 1 aliphatic rings. The van der Waals surface area contributed by atoms with Gasteiger partial charge in [0.25, 0.3) is 5.91 Å². The standard InChI is InChI=1S/C24H18N4O/c29-24(17-7-2-1-3-8-17)28-23(14-22(27-28)19-10-6-12-25-15-19)20-13-18-9-4-5-11-21(18)26-16-20/h1-13,15-16,23H,14H2. The fraction of sp³-hybridized carbons (Fsp3) is 0.0833. The van der Waals surface area contributed by atoms with Crippen LogP contribution >= 0.6 is 0 Å². The van der Waals surface area contributed by atoms with Crippen molar-refractivity contribution in [2.45, 2.75) is 12.5 Å². The summed E-state index contributed by atoms with van der Waals surface area (Å²) in [7, 11) is 0. The zero-order valence-corrected chi connectivity index (χ0v) is 15.6. The molecule has 5 heteroatoms. The zero-order valence-electron chi connectivity index (χ0n) is 15.6. The van der Waals surface area contributed by atoms with Crippen molar-refractivity contribution in [3.8, 4) is 0 Å². The van der Waals surface area contributed by atoms with E-state index in [1.807, 2.05) is 72.9 Å². The van der Waals surface area contributed by atoms with Gasteiger partial charge in [-0.05, 0) is 35.9 Å². The monoisotopic (exact) mass is 378 g/mol. The molecule has 5 rings (SSSR count). The van der Waals surface area contributed by atoms with E-state index in [1.165, 1.54) is 0 Å². The summed E-state index contributed by atoms with van der Waals surface area (Å²) < 4.78 is 0. The number of hydrogen-bond donors (Lipinski definition) is 0. The van der Waals surface area contributed by atoms with E-state index in [9.17, 15) is 4.79 Å². The molecule has 1 aliphatic heterocycles. The zero-order chi connectivity index (χ0) is 19.6. The molecule has 1 atom stereocenters. The van der Waals surface area contributed by atoms with Crippen LogP contribution in [0.1, 0.15) is 33.9 Å². The molecule has 0 spiro atoms. The lowest BCUT2D eigenvalue weighted by molar-refractivity contribution is 0.0711. The highest BCUT2D eigenvalue weighted by Crippen LogP contribution is 2.34. The maximum atomic E-state index is 13.3. The summed E-state index contributed by atoms with van der Waals surface area (Å²) in [4.78, 5) is 22.0. The van der Waals surface area contributed by atoms with Crippen LogP contribution in [0.5, 0.6) is 0 Å². The minimum Gasteiger partial charge on any atom is -0.267 e. The fourth-order valence-electron chi connectivity index (χ4n) is 3.65. The summed E-state index contributed by atoms with van der Waals surface area (Å²) >= 11 is 0. The van der Waals surface area contributed by atoms with Crippen LogP contribution in [0.3, 0.4) is 0 Å². The van der Waals surface area contributed by atoms with Crippen LogP contribution in [-0.4, -0.2) is 26.6 Å². The molecule has 0 aliphatic carbocycles. The molecule has 3 heterocycles. The summed E-state index contributed by atoms with van der Waals surface area (Å²) in [6, 6.07) is 23.0. The molecule has 0 radical (unpaired) electrons. The van der Waals surface area contributed by atoms with E-state index in [2.05, 4.69) is 16.0 Å². The number of pyridine rings is 2. The number of nitrogens with zero attached hydrogens (tertiary/aromatic N) is 4. The van der Waals surface area contributed by atoms with E-state index >= 15 is 0 Å². The molecule has 0 saturated carbocycles. The number of fused-ring (bicyclic) bond motifs is 1. The normalized spacial score (nSPS) is 16.1. The first-order valence-electron chi connectivity index (χ1n) is 9.51. The van der Waals surface area contributed by atoms with Gasteiger partial charge in [-0.3, -0.25) is 14.8 Å². The van der Waals surface area contributed by atoms with Gasteiger partial charge in [0, 0.05) is 41.5 Å². The molecular formula is C24H18N4O. The Morgan fingerprint density at radius 3 is 2.59 bits per heavy atom. The van der Waals surface area contributed by atoms with Crippen LogP contribution in [0, 0.1) is 0 Å². The van der Waals surface area contributed by atoms with Crippen molar-refractivity contribution in [3.05, 3.63) is 108 Å². The van der Waals surface area contributed by atoms with E-state index in [-0.39, 0.29) is 11.9 Å². The number of aromatic nitrogens is 2. The van der Waals surface area contributed by atoms with Gasteiger partial charge in [0.1, 0.15) is 0 Å². The molecule has 1 amide bonds. The van der Waals surface area contributed by atoms with Gasteiger partial charge in [0.05, 0.1) is 17.3 Å². The Labute approximate surface area is 168 Å². The number of rotatable bonds is 3. The van der Waals surface area contributed by atoms with E-state index in [4.69, 9.17) is 5.10 Å². The van der Waals surface area contributed by atoms with Crippen LogP contribution in [0.25, 0.3) is 10.9 Å². The predicted octanol–water partition coefficient (Wildman–Crippen LogP) is 4.62. The first-order valence-corrected chi connectivity index (χ1v) is 9.51. The smallest absolute Gasteiger partial charge is 0.267 e. The maximum Gasteiger partial charge on any atom is 0.274 e. The second-order valence-electron chi connectivity index (χ2n) is 6.99. The topological polar surface area (TPSA) is 58.5 Å². The van der Waals surface area contributed by atoms with Gasteiger partial charge in [0.15, 0.2) is 0 Å². The molecule has 2 aromatic carbocycles. The van der Waals surface area contributed by atoms with Crippen LogP contribution in [0.4, 0.5) is 0 Å². The molecular weight excluding hydrogens is 360 g/mol. The Morgan fingerprint density at radius 2 is 1.76 bits per heavy atom. The summed E-state index contributed by atoms with van der Waals surface area (Å²) in [6.45, 7) is 0. The molecule has 5 nitrogen and oxygen atoms in total. The largest absolute Gasteiger partial charge is 0.274 e. The molecule has 2 aromatic heterocycles. The van der Waals surface area contributed by atoms with Crippen molar-refractivity contribution in [3.63, 3.8) is 0 Å². The Bertz CT molecular complexity index is 1210. The highest BCUT2D eigenvalue weighted by molar-refractivity contribution is 6.04. The minimum atomic E-state index is -0.213. The lowest BCUT2D eigenvalue weighted by atomic mass is 9.99. The molecule has 29 heavy (non-hydrogen) atoms. The first kappa shape index (κ1) is 17.3. The van der Waals surface area contributed by atoms with E-state index in [0.29, 0.717) is 12.0 Å². The molecule has 0 fully saturated rings. The Hall–Kier alpha value is -3.86. The van der Waals surface area contributed by atoms with Gasteiger partial charge in [-0.25, -0.2) is 5.01 Å². The lowest BCUT2D eigenvalue weighted by Gasteiger charge is -2.22. The van der Waals surface area contributed by atoms with Crippen molar-refractivity contribution >= 4 is 22.5 Å². The quantitative estimate of drug-likeness (QED) is 0.523. The van der Waals surface area contributed by atoms with E-state index in [1.54, 1.807) is 17.4 Å². The van der Waals surface area contributed by atoms with Gasteiger partial charge in [-0.2, -0.15) is 5.10 Å². The SMILES string of the molecule is O=C(c1ccccc1)N1N=C(c2cccnc2)CC1c1cnc2ccccc2c1. The molecule has 0 saturated heterocycles. The third kappa shape index (κ3) is 3.27. The van der Waals surface area contributed by atoms with Crippen LogP contribution < -0.4 is 0 Å². The highest BCUT2D eigenvalue weighted by Gasteiger charge is 2.34. The average molecular weight is 378 g/mol. The van der Waals surface area contributed by atoms with Crippen LogP contribution in [0.15, 0.2) is 96.5 Å². The molecule has 4 aromatic rings. The molecule has 0 N–H and O–H groups in total. The highest BCUT2D eigenvalue weighted by atomic mass is 16.2. The Morgan fingerprint density at radius 1 is 0.931 bits per heavy atom. The number of amides is 1. The molecule has 140 valence electrons. The first-order chi connectivity index (χ1) is 14.3. The van der Waals surface area contributed by atoms with Gasteiger partial charge in [-0.15, -0.1) is 0 Å². The number of hydrogen-bond acceptors (Lipinski definition) is 4. The van der Waals surface area contributed by atoms with E-state index < -0.39 is 0 Å². The van der Waals surface area contributed by atoms with Crippen molar-refractivity contribution in [1.82, 2.24) is 15.0 Å². The number of para-hydroxylation sites is 1. The van der Waals surface area contributed by atoms with Gasteiger partial charge in [-0.1, -0.05) is 42.5 Å². The second-order valence-corrected chi connectivity index (χ2v) is 6.99. The Balaban J connectivity index is 1.57. The number of benzene rings is 2. The third-order valence-corrected chi connectivity index (χ3v) is 5.13. The Kier molecular flexibility index (Phi) is 4.33. The van der Waals surface area contributed by atoms with Crippen molar-refractivity contribution < 1.29 is 4.79 Å². The third-order valence-electron chi connectivity index (χ3n) is 5.13. The number of hydrazone groups is 1. The summed E-state index contributed by atoms with van der Waals surface area (Å²) in [6.07, 6.45) is 5.98. The molecule has 0 bridgehead atoms. The van der Waals surface area contributed by atoms with Gasteiger partial charge >= 0.3 is 0 Å². The van der Waals surface area contributed by atoms with Crippen LogP contribution in [-0.2, 0) is 0 Å². The minimum absolute atomic E-state index is 0.123. The maximum absolute atomic E-state index is 13.3. The number of carbonyl (C=O) groups is 1. The molecule has 1 unspecified atom stereocenters. The lowest BCUT2D eigenvalue weighted by Crippen LogP contribution is -2.27. The summed E-state index contributed by atoms with van der Waals surface area (Å²) in [5.41, 5.74) is 4.29. The summed E-state index contributed by atoms with van der Waals surface area (Å²) in [5, 5.41) is 7.34. The van der Waals surface area contributed by atoms with Crippen molar-refractivity contribution in [1.29, 1.82) is 0 Å².